The number of aryl methyl sites for hydroxylation is 1. The highest BCUT2D eigenvalue weighted by atomic mass is 32.1. The van der Waals surface area contributed by atoms with Gasteiger partial charge in [0.15, 0.2) is 0 Å². The molecule has 0 aliphatic carbocycles. The second kappa shape index (κ2) is 4.82. The lowest BCUT2D eigenvalue weighted by Gasteiger charge is -2.21. The van der Waals surface area contributed by atoms with Gasteiger partial charge in [0, 0.05) is 31.0 Å². The molecule has 1 fully saturated rings. The van der Waals surface area contributed by atoms with Crippen molar-refractivity contribution in [3.63, 3.8) is 0 Å². The molecule has 1 unspecified atom stereocenters. The average molecular weight is 263 g/mol. The van der Waals surface area contributed by atoms with Gasteiger partial charge in [-0.25, -0.2) is 9.97 Å². The van der Waals surface area contributed by atoms with E-state index in [2.05, 4.69) is 34.9 Å². The summed E-state index contributed by atoms with van der Waals surface area (Å²) >= 11 is 1.72. The van der Waals surface area contributed by atoms with Crippen LogP contribution in [0.15, 0.2) is 12.4 Å². The number of rotatable bonds is 3. The van der Waals surface area contributed by atoms with Crippen LogP contribution in [0.1, 0.15) is 11.3 Å². The van der Waals surface area contributed by atoms with Gasteiger partial charge in [0.05, 0.1) is 12.0 Å². The molecular weight excluding hydrogens is 246 g/mol. The zero-order chi connectivity index (χ0) is 12.5. The second-order valence-corrected chi connectivity index (χ2v) is 6.12. The summed E-state index contributed by atoms with van der Waals surface area (Å²) in [4.78, 5) is 13.4. The quantitative estimate of drug-likeness (QED) is 0.852. The van der Waals surface area contributed by atoms with E-state index in [4.69, 9.17) is 4.74 Å². The Kier molecular flexibility index (Phi) is 3.18. The first-order valence-electron chi connectivity index (χ1n) is 6.24. The van der Waals surface area contributed by atoms with Gasteiger partial charge in [-0.3, -0.25) is 0 Å². The molecule has 1 saturated heterocycles. The number of aromatic nitrogens is 2. The van der Waals surface area contributed by atoms with Gasteiger partial charge in [-0.05, 0) is 19.4 Å². The highest BCUT2D eigenvalue weighted by molar-refractivity contribution is 7.18. The van der Waals surface area contributed by atoms with Crippen molar-refractivity contribution in [1.29, 1.82) is 0 Å². The number of thiophene rings is 1. The molecule has 1 aliphatic heterocycles. The van der Waals surface area contributed by atoms with Crippen LogP contribution in [0.5, 0.6) is 0 Å². The highest BCUT2D eigenvalue weighted by Gasteiger charge is 2.19. The lowest BCUT2D eigenvalue weighted by Crippen LogP contribution is -2.26. The van der Waals surface area contributed by atoms with Crippen LogP contribution in [-0.4, -0.2) is 36.8 Å². The van der Waals surface area contributed by atoms with Gasteiger partial charge in [-0.2, -0.15) is 0 Å². The molecule has 1 atom stereocenters. The van der Waals surface area contributed by atoms with E-state index in [1.807, 2.05) is 0 Å². The van der Waals surface area contributed by atoms with Gasteiger partial charge >= 0.3 is 0 Å². The van der Waals surface area contributed by atoms with Crippen LogP contribution in [0.25, 0.3) is 10.2 Å². The molecule has 0 aromatic carbocycles. The Hall–Kier alpha value is -1.20. The van der Waals surface area contributed by atoms with Crippen LogP contribution in [0.4, 0.5) is 5.82 Å². The summed E-state index contributed by atoms with van der Waals surface area (Å²) in [6, 6.07) is 2.18. The Bertz CT molecular complexity index is 548. The zero-order valence-corrected chi connectivity index (χ0v) is 11.5. The SMILES string of the molecule is Cc1cc2c(N(C)CC3CCOC3)ncnc2s1. The van der Waals surface area contributed by atoms with E-state index < -0.39 is 0 Å². The maximum atomic E-state index is 5.43. The first kappa shape index (κ1) is 11.9. The summed E-state index contributed by atoms with van der Waals surface area (Å²) in [6.07, 6.45) is 2.82. The van der Waals surface area contributed by atoms with Crippen LogP contribution in [0.2, 0.25) is 0 Å². The van der Waals surface area contributed by atoms with Crippen molar-refractivity contribution < 1.29 is 4.74 Å². The Labute approximate surface area is 111 Å². The maximum Gasteiger partial charge on any atom is 0.140 e. The minimum Gasteiger partial charge on any atom is -0.381 e. The zero-order valence-electron chi connectivity index (χ0n) is 10.7. The van der Waals surface area contributed by atoms with Crippen molar-refractivity contribution >= 4 is 27.4 Å². The minimum absolute atomic E-state index is 0.625. The van der Waals surface area contributed by atoms with Crippen molar-refractivity contribution in [1.82, 2.24) is 9.97 Å². The third-order valence-corrected chi connectivity index (χ3v) is 4.31. The van der Waals surface area contributed by atoms with Crippen molar-refractivity contribution in [3.8, 4) is 0 Å². The van der Waals surface area contributed by atoms with Crippen LogP contribution in [0.3, 0.4) is 0 Å². The largest absolute Gasteiger partial charge is 0.381 e. The first-order valence-corrected chi connectivity index (χ1v) is 7.05. The Morgan fingerprint density at radius 2 is 2.39 bits per heavy atom. The van der Waals surface area contributed by atoms with Gasteiger partial charge in [0.2, 0.25) is 0 Å². The van der Waals surface area contributed by atoms with Crippen molar-refractivity contribution in [2.24, 2.45) is 5.92 Å². The van der Waals surface area contributed by atoms with Gasteiger partial charge in [-0.15, -0.1) is 11.3 Å². The normalized spacial score (nSPS) is 19.6. The third kappa shape index (κ3) is 2.20. The number of nitrogens with zero attached hydrogens (tertiary/aromatic N) is 3. The molecule has 1 aliphatic rings. The number of hydrogen-bond donors (Lipinski definition) is 0. The van der Waals surface area contributed by atoms with Crippen molar-refractivity contribution in [3.05, 3.63) is 17.3 Å². The first-order chi connectivity index (χ1) is 8.74. The Morgan fingerprint density at radius 1 is 1.50 bits per heavy atom. The summed E-state index contributed by atoms with van der Waals surface area (Å²) in [5.41, 5.74) is 0. The maximum absolute atomic E-state index is 5.43. The van der Waals surface area contributed by atoms with Crippen molar-refractivity contribution in [2.75, 3.05) is 31.7 Å². The molecule has 0 radical (unpaired) electrons. The molecule has 0 spiro atoms. The molecule has 0 N–H and O–H groups in total. The molecule has 2 aromatic heterocycles. The standard InChI is InChI=1S/C13H17N3OS/c1-9-5-11-12(14-8-15-13(11)18-9)16(2)6-10-3-4-17-7-10/h5,8,10H,3-4,6-7H2,1-2H3. The van der Waals surface area contributed by atoms with E-state index in [0.717, 1.165) is 36.8 Å². The average Bonchev–Trinajstić information content (AvgIpc) is 2.95. The monoisotopic (exact) mass is 263 g/mol. The summed E-state index contributed by atoms with van der Waals surface area (Å²) < 4.78 is 5.43. The molecule has 3 rings (SSSR count). The predicted octanol–water partition coefficient (Wildman–Crippen LogP) is 2.47. The number of fused-ring (bicyclic) bond motifs is 1. The highest BCUT2D eigenvalue weighted by Crippen LogP contribution is 2.29. The molecule has 4 nitrogen and oxygen atoms in total. The second-order valence-electron chi connectivity index (χ2n) is 4.88. The summed E-state index contributed by atoms with van der Waals surface area (Å²) in [5, 5.41) is 1.17. The lowest BCUT2D eigenvalue weighted by molar-refractivity contribution is 0.186. The fourth-order valence-corrected chi connectivity index (χ4v) is 3.31. The molecule has 2 aromatic rings. The molecule has 18 heavy (non-hydrogen) atoms. The van der Waals surface area contributed by atoms with E-state index in [0.29, 0.717) is 5.92 Å². The molecule has 0 amide bonds. The molecular formula is C13H17N3OS. The van der Waals surface area contributed by atoms with Crippen molar-refractivity contribution in [2.45, 2.75) is 13.3 Å². The topological polar surface area (TPSA) is 38.2 Å². The Morgan fingerprint density at radius 3 is 3.17 bits per heavy atom. The van der Waals surface area contributed by atoms with Crippen LogP contribution in [0, 0.1) is 12.8 Å². The lowest BCUT2D eigenvalue weighted by atomic mass is 10.1. The van der Waals surface area contributed by atoms with E-state index in [1.165, 1.54) is 10.3 Å². The van der Waals surface area contributed by atoms with E-state index >= 15 is 0 Å². The fourth-order valence-electron chi connectivity index (χ4n) is 2.47. The minimum atomic E-state index is 0.625. The van der Waals surface area contributed by atoms with E-state index in [-0.39, 0.29) is 0 Å². The van der Waals surface area contributed by atoms with E-state index in [1.54, 1.807) is 17.7 Å². The summed E-state index contributed by atoms with van der Waals surface area (Å²) in [7, 11) is 2.10. The van der Waals surface area contributed by atoms with E-state index in [9.17, 15) is 0 Å². The Balaban J connectivity index is 1.87. The summed E-state index contributed by atoms with van der Waals surface area (Å²) in [5.74, 6) is 1.66. The smallest absolute Gasteiger partial charge is 0.140 e. The van der Waals surface area contributed by atoms with Crippen LogP contribution >= 0.6 is 11.3 Å². The van der Waals surface area contributed by atoms with Crippen LogP contribution in [-0.2, 0) is 4.74 Å². The van der Waals surface area contributed by atoms with Gasteiger partial charge in [-0.1, -0.05) is 0 Å². The molecule has 0 bridgehead atoms. The number of hydrogen-bond acceptors (Lipinski definition) is 5. The fraction of sp³-hybridized carbons (Fsp3) is 0.538. The molecule has 5 heteroatoms. The van der Waals surface area contributed by atoms with Gasteiger partial charge < -0.3 is 9.64 Å². The van der Waals surface area contributed by atoms with Gasteiger partial charge in [0.25, 0.3) is 0 Å². The number of ether oxygens (including phenoxy) is 1. The summed E-state index contributed by atoms with van der Waals surface area (Å²) in [6.45, 7) is 4.89. The molecule has 0 saturated carbocycles. The molecule has 3 heterocycles. The number of anilines is 1. The molecule has 96 valence electrons. The van der Waals surface area contributed by atoms with Crippen LogP contribution < -0.4 is 4.90 Å². The predicted molar refractivity (Wildman–Crippen MR) is 74.3 cm³/mol. The third-order valence-electron chi connectivity index (χ3n) is 3.35. The van der Waals surface area contributed by atoms with Gasteiger partial charge in [0.1, 0.15) is 17.0 Å².